The van der Waals surface area contributed by atoms with Crippen molar-refractivity contribution in [1.82, 2.24) is 5.32 Å². The van der Waals surface area contributed by atoms with Crippen LogP contribution in [-0.4, -0.2) is 36.5 Å². The average Bonchev–Trinajstić information content (AvgIpc) is 2.34. The molecule has 3 heteroatoms. The number of aliphatic hydroxyl groups excluding tert-OH is 1. The monoisotopic (exact) mass is 255 g/mol. The van der Waals surface area contributed by atoms with Crippen LogP contribution >= 0.6 is 0 Å². The van der Waals surface area contributed by atoms with E-state index in [9.17, 15) is 5.11 Å². The number of rotatable bonds is 3. The van der Waals surface area contributed by atoms with E-state index in [0.717, 1.165) is 26.0 Å². The van der Waals surface area contributed by atoms with Crippen LogP contribution in [0.25, 0.3) is 0 Å². The van der Waals surface area contributed by atoms with Crippen LogP contribution in [0.4, 0.5) is 0 Å². The van der Waals surface area contributed by atoms with Gasteiger partial charge in [0.15, 0.2) is 0 Å². The molecule has 2 aliphatic rings. The maximum Gasteiger partial charge on any atom is 0.0696 e. The van der Waals surface area contributed by atoms with Gasteiger partial charge in [-0.25, -0.2) is 0 Å². The molecule has 0 aromatic carbocycles. The van der Waals surface area contributed by atoms with E-state index in [1.165, 1.54) is 12.8 Å². The molecule has 1 aliphatic carbocycles. The lowest BCUT2D eigenvalue weighted by atomic mass is 9.70. The lowest BCUT2D eigenvalue weighted by Gasteiger charge is -2.44. The minimum absolute atomic E-state index is 0.146. The van der Waals surface area contributed by atoms with Crippen LogP contribution in [0.5, 0.6) is 0 Å². The summed E-state index contributed by atoms with van der Waals surface area (Å²) in [5.41, 5.74) is 0. The van der Waals surface area contributed by atoms with Crippen molar-refractivity contribution in [2.45, 2.75) is 64.7 Å². The Morgan fingerprint density at radius 3 is 2.44 bits per heavy atom. The highest BCUT2D eigenvalue weighted by Crippen LogP contribution is 2.38. The van der Waals surface area contributed by atoms with Crippen LogP contribution < -0.4 is 5.32 Å². The molecule has 4 atom stereocenters. The maximum absolute atomic E-state index is 10.2. The van der Waals surface area contributed by atoms with Gasteiger partial charge in [0.05, 0.1) is 12.2 Å². The number of ether oxygens (including phenoxy) is 1. The summed E-state index contributed by atoms with van der Waals surface area (Å²) < 4.78 is 5.89. The van der Waals surface area contributed by atoms with Crippen molar-refractivity contribution < 1.29 is 9.84 Å². The lowest BCUT2D eigenvalue weighted by Crippen LogP contribution is -2.52. The molecule has 18 heavy (non-hydrogen) atoms. The second-order valence-corrected chi connectivity index (χ2v) is 6.30. The van der Waals surface area contributed by atoms with Gasteiger partial charge in [-0.15, -0.1) is 0 Å². The highest BCUT2D eigenvalue weighted by molar-refractivity contribution is 4.93. The molecule has 106 valence electrons. The molecule has 0 bridgehead atoms. The zero-order chi connectivity index (χ0) is 13.1. The van der Waals surface area contributed by atoms with Crippen LogP contribution in [0, 0.1) is 17.8 Å². The van der Waals surface area contributed by atoms with Gasteiger partial charge >= 0.3 is 0 Å². The predicted octanol–water partition coefficient (Wildman–Crippen LogP) is 2.19. The summed E-state index contributed by atoms with van der Waals surface area (Å²) in [6, 6.07) is 0.311. The molecule has 0 aromatic rings. The lowest BCUT2D eigenvalue weighted by molar-refractivity contribution is -0.0605. The third-order valence-corrected chi connectivity index (χ3v) is 4.81. The number of piperidine rings is 1. The number of aliphatic hydroxyl groups is 1. The Labute approximate surface area is 111 Å². The van der Waals surface area contributed by atoms with E-state index in [4.69, 9.17) is 4.74 Å². The third-order valence-electron chi connectivity index (χ3n) is 4.81. The summed E-state index contributed by atoms with van der Waals surface area (Å²) in [5.74, 6) is 1.83. The van der Waals surface area contributed by atoms with Crippen molar-refractivity contribution >= 4 is 0 Å². The van der Waals surface area contributed by atoms with Crippen molar-refractivity contribution in [1.29, 1.82) is 0 Å². The molecule has 2 fully saturated rings. The average molecular weight is 255 g/mol. The van der Waals surface area contributed by atoms with Crippen molar-refractivity contribution in [3.8, 4) is 0 Å². The van der Waals surface area contributed by atoms with Gasteiger partial charge in [0, 0.05) is 12.6 Å². The molecule has 1 saturated heterocycles. The molecule has 0 radical (unpaired) electrons. The first-order chi connectivity index (χ1) is 8.63. The second-order valence-electron chi connectivity index (χ2n) is 6.30. The van der Waals surface area contributed by atoms with Gasteiger partial charge in [-0.05, 0) is 56.9 Å². The van der Waals surface area contributed by atoms with E-state index in [2.05, 4.69) is 26.1 Å². The predicted molar refractivity (Wildman–Crippen MR) is 73.5 cm³/mol. The van der Waals surface area contributed by atoms with Crippen molar-refractivity contribution in [2.24, 2.45) is 17.8 Å². The number of hydrogen-bond donors (Lipinski definition) is 2. The van der Waals surface area contributed by atoms with E-state index in [-0.39, 0.29) is 6.10 Å². The fourth-order valence-corrected chi connectivity index (χ4v) is 4.07. The van der Waals surface area contributed by atoms with Crippen molar-refractivity contribution in [2.75, 3.05) is 13.2 Å². The number of nitrogens with one attached hydrogen (secondary N) is 1. The molecule has 0 spiro atoms. The molecule has 1 saturated carbocycles. The van der Waals surface area contributed by atoms with Gasteiger partial charge in [0.25, 0.3) is 0 Å². The zero-order valence-corrected chi connectivity index (χ0v) is 12.1. The Hall–Kier alpha value is -0.120. The van der Waals surface area contributed by atoms with Crippen LogP contribution in [0.15, 0.2) is 0 Å². The Morgan fingerprint density at radius 2 is 1.89 bits per heavy atom. The SMILES string of the molecule is CCOC1C(C)CC(C2NCCCC2O)CC1C. The molecular weight excluding hydrogens is 226 g/mol. The van der Waals surface area contributed by atoms with Crippen LogP contribution in [0.1, 0.15) is 46.5 Å². The van der Waals surface area contributed by atoms with Crippen LogP contribution in [0.3, 0.4) is 0 Å². The van der Waals surface area contributed by atoms with E-state index in [1.807, 2.05) is 0 Å². The zero-order valence-electron chi connectivity index (χ0n) is 12.1. The maximum atomic E-state index is 10.2. The Bertz CT molecular complexity index is 247. The minimum atomic E-state index is -0.146. The van der Waals surface area contributed by atoms with E-state index < -0.39 is 0 Å². The fraction of sp³-hybridized carbons (Fsp3) is 1.00. The highest BCUT2D eigenvalue weighted by Gasteiger charge is 2.39. The first kappa shape index (κ1) is 14.3. The highest BCUT2D eigenvalue weighted by atomic mass is 16.5. The fourth-order valence-electron chi connectivity index (χ4n) is 4.07. The molecule has 2 rings (SSSR count). The van der Waals surface area contributed by atoms with Gasteiger partial charge in [0.1, 0.15) is 0 Å². The summed E-state index contributed by atoms with van der Waals surface area (Å²) in [7, 11) is 0. The Balaban J connectivity index is 1.96. The van der Waals surface area contributed by atoms with Crippen molar-refractivity contribution in [3.63, 3.8) is 0 Å². The minimum Gasteiger partial charge on any atom is -0.391 e. The summed E-state index contributed by atoms with van der Waals surface area (Å²) in [5, 5.41) is 13.7. The number of hydrogen-bond acceptors (Lipinski definition) is 3. The molecule has 1 heterocycles. The van der Waals surface area contributed by atoms with Gasteiger partial charge in [-0.3, -0.25) is 0 Å². The van der Waals surface area contributed by atoms with Gasteiger partial charge < -0.3 is 15.2 Å². The first-order valence-electron chi connectivity index (χ1n) is 7.66. The molecule has 0 amide bonds. The molecule has 2 N–H and O–H groups in total. The molecule has 3 nitrogen and oxygen atoms in total. The molecule has 1 aliphatic heterocycles. The van der Waals surface area contributed by atoms with E-state index in [0.29, 0.717) is 29.9 Å². The summed E-state index contributed by atoms with van der Waals surface area (Å²) in [6.07, 6.45) is 4.70. The Morgan fingerprint density at radius 1 is 1.22 bits per heavy atom. The summed E-state index contributed by atoms with van der Waals surface area (Å²) in [6.45, 7) is 8.57. The molecule has 0 aromatic heterocycles. The van der Waals surface area contributed by atoms with Crippen LogP contribution in [-0.2, 0) is 4.74 Å². The van der Waals surface area contributed by atoms with Gasteiger partial charge in [-0.1, -0.05) is 13.8 Å². The topological polar surface area (TPSA) is 41.5 Å². The van der Waals surface area contributed by atoms with E-state index >= 15 is 0 Å². The van der Waals surface area contributed by atoms with Crippen molar-refractivity contribution in [3.05, 3.63) is 0 Å². The standard InChI is InChI=1S/C15H29NO2/c1-4-18-15-10(2)8-12(9-11(15)3)14-13(17)6-5-7-16-14/h10-17H,4-9H2,1-3H3. The van der Waals surface area contributed by atoms with Crippen LogP contribution in [0.2, 0.25) is 0 Å². The largest absolute Gasteiger partial charge is 0.391 e. The third kappa shape index (κ3) is 3.06. The molecular formula is C15H29NO2. The van der Waals surface area contributed by atoms with E-state index in [1.54, 1.807) is 0 Å². The first-order valence-corrected chi connectivity index (χ1v) is 7.66. The smallest absolute Gasteiger partial charge is 0.0696 e. The Kier molecular flexibility index (Phi) is 5.05. The quantitative estimate of drug-likeness (QED) is 0.812. The molecule has 4 unspecified atom stereocenters. The van der Waals surface area contributed by atoms with Gasteiger partial charge in [-0.2, -0.15) is 0 Å². The second kappa shape index (κ2) is 6.36. The summed E-state index contributed by atoms with van der Waals surface area (Å²) >= 11 is 0. The summed E-state index contributed by atoms with van der Waals surface area (Å²) in [4.78, 5) is 0. The van der Waals surface area contributed by atoms with Gasteiger partial charge in [0.2, 0.25) is 0 Å². The normalized spacial score (nSPS) is 46.0.